The van der Waals surface area contributed by atoms with Crippen molar-refractivity contribution in [2.75, 3.05) is 16.0 Å². The second-order valence-electron chi connectivity index (χ2n) is 9.53. The first-order valence-electron chi connectivity index (χ1n) is 12.8. The van der Waals surface area contributed by atoms with Crippen molar-refractivity contribution in [3.63, 3.8) is 0 Å². The van der Waals surface area contributed by atoms with Gasteiger partial charge in [-0.05, 0) is 53.2 Å². The van der Waals surface area contributed by atoms with Crippen LogP contribution in [0.1, 0.15) is 24.2 Å². The largest absolute Gasteiger partial charge is 0.436 e. The molecule has 0 saturated carbocycles. The average Bonchev–Trinajstić information content (AvgIpc) is 3.58. The number of H-pyrrole nitrogens is 1. The number of fused-ring (bicyclic) bond motifs is 2. The van der Waals surface area contributed by atoms with Gasteiger partial charge in [0.05, 0.1) is 5.56 Å². The number of hydrogen-bond acceptors (Lipinski definition) is 6. The molecule has 10 nitrogen and oxygen atoms in total. The normalized spacial score (nSPS) is 11.0. The van der Waals surface area contributed by atoms with Gasteiger partial charge in [0.15, 0.2) is 5.58 Å². The van der Waals surface area contributed by atoms with E-state index in [-0.39, 0.29) is 17.4 Å². The van der Waals surface area contributed by atoms with Crippen molar-refractivity contribution < 1.29 is 18.8 Å². The number of carbonyl (C=O) groups excluding carboxylic acids is 3. The van der Waals surface area contributed by atoms with Crippen LogP contribution in [-0.4, -0.2) is 32.9 Å². The van der Waals surface area contributed by atoms with Crippen molar-refractivity contribution in [1.29, 1.82) is 0 Å². The topological polar surface area (TPSA) is 142 Å². The van der Waals surface area contributed by atoms with E-state index in [9.17, 15) is 14.4 Å². The summed E-state index contributed by atoms with van der Waals surface area (Å²) in [4.78, 5) is 40.8. The van der Waals surface area contributed by atoms with Gasteiger partial charge in [0.1, 0.15) is 11.2 Å². The molecule has 2 aromatic heterocycles. The van der Waals surface area contributed by atoms with Crippen LogP contribution in [0.3, 0.4) is 0 Å². The van der Waals surface area contributed by atoms with E-state index in [2.05, 4.69) is 26.1 Å². The van der Waals surface area contributed by atoms with Crippen molar-refractivity contribution >= 4 is 56.7 Å². The number of nitrogens with zero attached hydrogens (tertiary/aromatic N) is 2. The first-order chi connectivity index (χ1) is 19.8. The number of benzene rings is 4. The molecule has 0 aliphatic carbocycles. The van der Waals surface area contributed by atoms with Gasteiger partial charge >= 0.3 is 0 Å². The molecule has 3 amide bonds. The first kappa shape index (κ1) is 25.5. The van der Waals surface area contributed by atoms with E-state index < -0.39 is 5.91 Å². The second-order valence-corrected chi connectivity index (χ2v) is 9.53. The van der Waals surface area contributed by atoms with Gasteiger partial charge in [0.2, 0.25) is 17.7 Å². The smallest absolute Gasteiger partial charge is 0.255 e. The maximum absolute atomic E-state index is 13.0. The van der Waals surface area contributed by atoms with Gasteiger partial charge in [-0.15, -0.1) is 0 Å². The van der Waals surface area contributed by atoms with Gasteiger partial charge in [-0.1, -0.05) is 36.4 Å². The Kier molecular flexibility index (Phi) is 6.48. The summed E-state index contributed by atoms with van der Waals surface area (Å²) >= 11 is 0. The molecule has 202 valence electrons. The number of rotatable bonds is 6. The minimum absolute atomic E-state index is 0.266. The van der Waals surface area contributed by atoms with E-state index in [4.69, 9.17) is 9.40 Å². The molecular formula is C31H24N6O4. The van der Waals surface area contributed by atoms with E-state index in [0.29, 0.717) is 39.8 Å². The fourth-order valence-corrected chi connectivity index (χ4v) is 4.63. The molecular weight excluding hydrogens is 520 g/mol. The van der Waals surface area contributed by atoms with Gasteiger partial charge in [0, 0.05) is 48.2 Å². The first-order valence-corrected chi connectivity index (χ1v) is 12.8. The van der Waals surface area contributed by atoms with E-state index >= 15 is 0 Å². The number of oxazole rings is 1. The second kappa shape index (κ2) is 10.4. The Balaban J connectivity index is 1.24. The summed E-state index contributed by atoms with van der Waals surface area (Å²) in [6, 6.07) is 23.9. The Morgan fingerprint density at radius 3 is 2.07 bits per heavy atom. The SMILES string of the molecule is CC(=O)Nc1cc(NC(C)=O)cc(C(=O)Nc2ccc(-c3n[nH]cc3-c3nc4cc5ccccc5cc4o3)cc2)c1. The van der Waals surface area contributed by atoms with Crippen LogP contribution in [0.15, 0.2) is 89.5 Å². The number of aromatic amines is 1. The van der Waals surface area contributed by atoms with Crippen LogP contribution in [-0.2, 0) is 9.59 Å². The predicted molar refractivity (Wildman–Crippen MR) is 158 cm³/mol. The van der Waals surface area contributed by atoms with Crippen LogP contribution >= 0.6 is 0 Å². The minimum atomic E-state index is -0.407. The zero-order chi connectivity index (χ0) is 28.5. The monoisotopic (exact) mass is 544 g/mol. The summed E-state index contributed by atoms with van der Waals surface area (Å²) in [5, 5.41) is 17.6. The van der Waals surface area contributed by atoms with Crippen LogP contribution in [0.4, 0.5) is 17.1 Å². The standard InChI is InChI=1S/C31H24N6O4/c1-17(38)33-24-11-22(12-25(15-24)34-18(2)39)30(40)35-23-9-7-19(8-10-23)29-26(16-32-37-29)31-36-27-13-20-5-3-4-6-21(20)14-28(27)41-31/h3-16H,1-2H3,(H,32,37)(H,33,38)(H,34,39)(H,35,40). The number of aromatic nitrogens is 3. The van der Waals surface area contributed by atoms with Crippen LogP contribution < -0.4 is 16.0 Å². The van der Waals surface area contributed by atoms with Crippen molar-refractivity contribution in [2.45, 2.75) is 13.8 Å². The molecule has 10 heteroatoms. The van der Waals surface area contributed by atoms with Crippen LogP contribution in [0.25, 0.3) is 44.6 Å². The van der Waals surface area contributed by atoms with Crippen LogP contribution in [0, 0.1) is 0 Å². The fourth-order valence-electron chi connectivity index (χ4n) is 4.63. The quantitative estimate of drug-likeness (QED) is 0.196. The van der Waals surface area contributed by atoms with E-state index in [1.165, 1.54) is 26.0 Å². The number of hydrogen-bond donors (Lipinski definition) is 4. The number of anilines is 3. The van der Waals surface area contributed by atoms with Gasteiger partial charge in [-0.2, -0.15) is 5.10 Å². The van der Waals surface area contributed by atoms with E-state index in [0.717, 1.165) is 21.9 Å². The fraction of sp³-hybridized carbons (Fsp3) is 0.0645. The summed E-state index contributed by atoms with van der Waals surface area (Å²) in [6.45, 7) is 2.73. The maximum Gasteiger partial charge on any atom is 0.255 e. The Morgan fingerprint density at radius 2 is 1.41 bits per heavy atom. The lowest BCUT2D eigenvalue weighted by atomic mass is 10.1. The summed E-state index contributed by atoms with van der Waals surface area (Å²) < 4.78 is 6.09. The molecule has 0 saturated heterocycles. The molecule has 0 atom stereocenters. The highest BCUT2D eigenvalue weighted by atomic mass is 16.3. The van der Waals surface area contributed by atoms with Gasteiger partial charge in [-0.25, -0.2) is 4.98 Å². The zero-order valence-corrected chi connectivity index (χ0v) is 22.1. The molecule has 0 spiro atoms. The number of carbonyl (C=O) groups is 3. The van der Waals surface area contributed by atoms with Crippen molar-refractivity contribution in [1.82, 2.24) is 15.2 Å². The van der Waals surface area contributed by atoms with Crippen molar-refractivity contribution in [3.8, 4) is 22.7 Å². The minimum Gasteiger partial charge on any atom is -0.436 e. The molecule has 4 aromatic carbocycles. The molecule has 0 radical (unpaired) electrons. The molecule has 0 aliphatic rings. The average molecular weight is 545 g/mol. The predicted octanol–water partition coefficient (Wildman–Crippen LogP) is 6.21. The molecule has 6 aromatic rings. The van der Waals surface area contributed by atoms with Gasteiger partial charge in [0.25, 0.3) is 5.91 Å². The van der Waals surface area contributed by atoms with Gasteiger partial charge in [-0.3, -0.25) is 19.5 Å². The molecule has 0 bridgehead atoms. The highest BCUT2D eigenvalue weighted by molar-refractivity contribution is 6.07. The molecule has 41 heavy (non-hydrogen) atoms. The van der Waals surface area contributed by atoms with E-state index in [1.54, 1.807) is 24.4 Å². The molecule has 0 fully saturated rings. The molecule has 0 aliphatic heterocycles. The molecule has 0 unspecified atom stereocenters. The third-order valence-electron chi connectivity index (χ3n) is 6.38. The lowest BCUT2D eigenvalue weighted by Gasteiger charge is -2.11. The lowest BCUT2D eigenvalue weighted by molar-refractivity contribution is -0.115. The summed E-state index contributed by atoms with van der Waals surface area (Å²) in [5.41, 5.74) is 5.21. The summed E-state index contributed by atoms with van der Waals surface area (Å²) in [5.74, 6) is -0.548. The van der Waals surface area contributed by atoms with E-state index in [1.807, 2.05) is 48.5 Å². The Hall–Kier alpha value is -5.77. The van der Waals surface area contributed by atoms with Crippen LogP contribution in [0.5, 0.6) is 0 Å². The summed E-state index contributed by atoms with van der Waals surface area (Å²) in [6.07, 6.45) is 1.74. The number of nitrogens with one attached hydrogen (secondary N) is 4. The van der Waals surface area contributed by atoms with Crippen LogP contribution in [0.2, 0.25) is 0 Å². The maximum atomic E-state index is 13.0. The highest BCUT2D eigenvalue weighted by Gasteiger charge is 2.17. The Labute approximate surface area is 233 Å². The third kappa shape index (κ3) is 5.39. The van der Waals surface area contributed by atoms with Crippen molar-refractivity contribution in [2.24, 2.45) is 0 Å². The Morgan fingerprint density at radius 1 is 0.756 bits per heavy atom. The number of amides is 3. The molecule has 2 heterocycles. The van der Waals surface area contributed by atoms with Gasteiger partial charge < -0.3 is 20.4 Å². The molecule has 4 N–H and O–H groups in total. The molecule has 6 rings (SSSR count). The van der Waals surface area contributed by atoms with Crippen molar-refractivity contribution in [3.05, 3.63) is 90.6 Å². The lowest BCUT2D eigenvalue weighted by Crippen LogP contribution is -2.15. The third-order valence-corrected chi connectivity index (χ3v) is 6.38. The summed E-state index contributed by atoms with van der Waals surface area (Å²) in [7, 11) is 0. The Bertz CT molecular complexity index is 1870. The zero-order valence-electron chi connectivity index (χ0n) is 22.1. The highest BCUT2D eigenvalue weighted by Crippen LogP contribution is 2.33.